The number of rotatable bonds is 7. The zero-order valence-corrected chi connectivity index (χ0v) is 21.1. The third-order valence-corrected chi connectivity index (χ3v) is 6.09. The number of nitrogens with one attached hydrogen (secondary N) is 2. The van der Waals surface area contributed by atoms with E-state index in [-0.39, 0.29) is 34.8 Å². The molecule has 0 unspecified atom stereocenters. The Labute approximate surface area is 223 Å². The average molecular weight is 568 g/mol. The number of benzene rings is 1. The van der Waals surface area contributed by atoms with Crippen molar-refractivity contribution >= 4 is 17.8 Å². The van der Waals surface area contributed by atoms with Crippen LogP contribution in [0, 0.1) is 5.82 Å². The van der Waals surface area contributed by atoms with Crippen LogP contribution in [0.25, 0.3) is 11.3 Å². The lowest BCUT2D eigenvalue weighted by Gasteiger charge is -2.24. The molecule has 1 fully saturated rings. The highest BCUT2D eigenvalue weighted by Crippen LogP contribution is 2.33. The van der Waals surface area contributed by atoms with Crippen molar-refractivity contribution in [2.24, 2.45) is 0 Å². The maximum absolute atomic E-state index is 15.2. The fraction of sp³-hybridized carbons (Fsp3) is 0.375. The molecule has 0 radical (unpaired) electrons. The van der Waals surface area contributed by atoms with Crippen LogP contribution in [0.3, 0.4) is 0 Å². The van der Waals surface area contributed by atoms with E-state index in [9.17, 15) is 32.7 Å². The Hall–Kier alpha value is -4.63. The number of carbonyl (C=O) groups excluding carboxylic acids is 1. The summed E-state index contributed by atoms with van der Waals surface area (Å²) in [6.45, 7) is 2.84. The van der Waals surface area contributed by atoms with Gasteiger partial charge in [-0.3, -0.25) is 9.59 Å². The molecular formula is C24H24F4N6O6. The smallest absolute Gasteiger partial charge is 0.479 e. The molecule has 214 valence electrons. The highest BCUT2D eigenvalue weighted by atomic mass is 19.4. The van der Waals surface area contributed by atoms with Gasteiger partial charge >= 0.3 is 18.1 Å². The molecule has 12 nitrogen and oxygen atoms in total. The van der Waals surface area contributed by atoms with Gasteiger partial charge in [0.05, 0.1) is 24.0 Å². The summed E-state index contributed by atoms with van der Waals surface area (Å²) < 4.78 is 48.0. The van der Waals surface area contributed by atoms with E-state index in [0.29, 0.717) is 11.5 Å². The van der Waals surface area contributed by atoms with Crippen LogP contribution in [0.1, 0.15) is 60.9 Å². The number of amides is 1. The summed E-state index contributed by atoms with van der Waals surface area (Å²) in [6, 6.07) is 5.55. The van der Waals surface area contributed by atoms with Crippen molar-refractivity contribution in [3.05, 3.63) is 63.7 Å². The molecule has 0 saturated heterocycles. The summed E-state index contributed by atoms with van der Waals surface area (Å²) in [5.74, 6) is -4.54. The maximum Gasteiger partial charge on any atom is 0.490 e. The van der Waals surface area contributed by atoms with Crippen LogP contribution in [0.4, 0.5) is 17.6 Å². The molecule has 40 heavy (non-hydrogen) atoms. The van der Waals surface area contributed by atoms with Crippen LogP contribution < -0.4 is 10.9 Å². The van der Waals surface area contributed by atoms with Crippen LogP contribution in [0.5, 0.6) is 0 Å². The second-order valence-corrected chi connectivity index (χ2v) is 9.32. The Balaban J connectivity index is 0.000000559. The van der Waals surface area contributed by atoms with E-state index in [1.165, 1.54) is 44.3 Å². The topological polar surface area (TPSA) is 180 Å². The third kappa shape index (κ3) is 6.86. The molecule has 4 rings (SSSR count). The molecule has 2 aromatic heterocycles. The first-order valence-electron chi connectivity index (χ1n) is 11.7. The lowest BCUT2D eigenvalue weighted by atomic mass is 9.85. The molecule has 2 heterocycles. The summed E-state index contributed by atoms with van der Waals surface area (Å²) in [4.78, 5) is 52.1. The first kappa shape index (κ1) is 29.9. The minimum atomic E-state index is -5.08. The van der Waals surface area contributed by atoms with E-state index in [1.54, 1.807) is 0 Å². The monoisotopic (exact) mass is 568 g/mol. The fourth-order valence-electron chi connectivity index (χ4n) is 3.42. The first-order chi connectivity index (χ1) is 18.6. The SMILES string of the molecule is CC(C)(C(=O)O)n1cc(-c2cccc(C(=O)NCc3cc(=O)[nH]c(C4CCC4)n3)c2F)nn1.O=C(O)C(F)(F)F. The number of alkyl halides is 3. The standard InChI is InChI=1S/C22H23FN6O4.C2HF3O2/c1-22(2,21(32)33)29-11-16(27-28-29)14-7-4-8-15(18(14)23)20(31)24-10-13-9-17(30)26-19(25-13)12-5-3-6-12;3-2(4,5)1(6)7/h4,7-9,11-12H,3,5-6,10H2,1-2H3,(H,24,31)(H,32,33)(H,25,26,30);(H,6,7). The Bertz CT molecular complexity index is 1480. The Morgan fingerprint density at radius 1 is 1.15 bits per heavy atom. The van der Waals surface area contributed by atoms with Crippen molar-refractivity contribution in [3.63, 3.8) is 0 Å². The second kappa shape index (κ2) is 11.6. The zero-order chi connectivity index (χ0) is 29.8. The zero-order valence-electron chi connectivity index (χ0n) is 21.1. The molecule has 1 aromatic carbocycles. The summed E-state index contributed by atoms with van der Waals surface area (Å²) in [5.41, 5.74) is -1.39. The third-order valence-electron chi connectivity index (χ3n) is 6.09. The number of aliphatic carboxylic acids is 2. The lowest BCUT2D eigenvalue weighted by Crippen LogP contribution is -2.36. The molecule has 16 heteroatoms. The van der Waals surface area contributed by atoms with Gasteiger partial charge in [-0.1, -0.05) is 17.7 Å². The number of carbonyl (C=O) groups is 3. The highest BCUT2D eigenvalue weighted by Gasteiger charge is 2.38. The van der Waals surface area contributed by atoms with E-state index in [0.717, 1.165) is 23.9 Å². The van der Waals surface area contributed by atoms with Gasteiger partial charge in [-0.15, -0.1) is 5.10 Å². The van der Waals surface area contributed by atoms with Crippen molar-refractivity contribution in [1.29, 1.82) is 0 Å². The van der Waals surface area contributed by atoms with Gasteiger partial charge in [-0.2, -0.15) is 13.2 Å². The molecular weight excluding hydrogens is 544 g/mol. The van der Waals surface area contributed by atoms with Crippen molar-refractivity contribution in [2.45, 2.75) is 57.3 Å². The molecule has 0 aliphatic heterocycles. The minimum absolute atomic E-state index is 0.0108. The van der Waals surface area contributed by atoms with Gasteiger partial charge < -0.3 is 20.5 Å². The van der Waals surface area contributed by atoms with Gasteiger partial charge in [0, 0.05) is 17.5 Å². The minimum Gasteiger partial charge on any atom is -0.479 e. The Morgan fingerprint density at radius 2 is 1.80 bits per heavy atom. The van der Waals surface area contributed by atoms with E-state index in [4.69, 9.17) is 9.90 Å². The second-order valence-electron chi connectivity index (χ2n) is 9.32. The molecule has 0 atom stereocenters. The summed E-state index contributed by atoms with van der Waals surface area (Å²) >= 11 is 0. The number of hydrogen-bond acceptors (Lipinski definition) is 7. The predicted octanol–water partition coefficient (Wildman–Crippen LogP) is 2.82. The van der Waals surface area contributed by atoms with Crippen LogP contribution in [-0.4, -0.2) is 59.2 Å². The molecule has 1 aliphatic rings. The van der Waals surface area contributed by atoms with Gasteiger partial charge in [0.1, 0.15) is 17.3 Å². The van der Waals surface area contributed by atoms with Crippen molar-refractivity contribution in [1.82, 2.24) is 30.3 Å². The normalized spacial score (nSPS) is 13.6. The van der Waals surface area contributed by atoms with E-state index >= 15 is 4.39 Å². The molecule has 1 amide bonds. The number of carboxylic acids is 2. The number of halogens is 4. The summed E-state index contributed by atoms with van der Waals surface area (Å²) in [7, 11) is 0. The van der Waals surface area contributed by atoms with Crippen molar-refractivity contribution in [2.75, 3.05) is 0 Å². The number of aromatic nitrogens is 5. The quantitative estimate of drug-likeness (QED) is 0.312. The first-order valence-corrected chi connectivity index (χ1v) is 11.7. The number of aromatic amines is 1. The van der Waals surface area contributed by atoms with Gasteiger partial charge in [0.15, 0.2) is 5.54 Å². The van der Waals surface area contributed by atoms with Gasteiger partial charge in [0.25, 0.3) is 11.5 Å². The molecule has 0 spiro atoms. The van der Waals surface area contributed by atoms with Crippen LogP contribution in [0.15, 0.2) is 35.3 Å². The predicted molar refractivity (Wildman–Crippen MR) is 129 cm³/mol. The van der Waals surface area contributed by atoms with Gasteiger partial charge in [-0.25, -0.2) is 23.6 Å². The largest absolute Gasteiger partial charge is 0.490 e. The van der Waals surface area contributed by atoms with Crippen molar-refractivity contribution in [3.8, 4) is 11.3 Å². The molecule has 3 aromatic rings. The van der Waals surface area contributed by atoms with E-state index in [1.807, 2.05) is 0 Å². The lowest BCUT2D eigenvalue weighted by molar-refractivity contribution is -0.192. The number of H-pyrrole nitrogens is 1. The highest BCUT2D eigenvalue weighted by molar-refractivity contribution is 5.95. The number of hydrogen-bond donors (Lipinski definition) is 4. The van der Waals surface area contributed by atoms with E-state index < -0.39 is 35.4 Å². The molecule has 4 N–H and O–H groups in total. The van der Waals surface area contributed by atoms with Gasteiger partial charge in [0.2, 0.25) is 0 Å². The fourth-order valence-corrected chi connectivity index (χ4v) is 3.42. The van der Waals surface area contributed by atoms with Crippen LogP contribution >= 0.6 is 0 Å². The molecule has 1 aliphatic carbocycles. The summed E-state index contributed by atoms with van der Waals surface area (Å²) in [6.07, 6.45) is -0.751. The Morgan fingerprint density at radius 3 is 2.35 bits per heavy atom. The van der Waals surface area contributed by atoms with Crippen molar-refractivity contribution < 1.29 is 42.2 Å². The van der Waals surface area contributed by atoms with Crippen LogP contribution in [0.2, 0.25) is 0 Å². The molecule has 0 bridgehead atoms. The maximum atomic E-state index is 15.2. The van der Waals surface area contributed by atoms with Crippen LogP contribution in [-0.2, 0) is 21.7 Å². The average Bonchev–Trinajstić information content (AvgIpc) is 3.32. The van der Waals surface area contributed by atoms with E-state index in [2.05, 4.69) is 25.6 Å². The Kier molecular flexibility index (Phi) is 8.70. The number of carboxylic acid groups (broad SMARTS) is 2. The van der Waals surface area contributed by atoms with Gasteiger partial charge in [-0.05, 0) is 38.8 Å². The summed E-state index contributed by atoms with van der Waals surface area (Å²) in [5, 5.41) is 26.7. The molecule has 1 saturated carbocycles. The number of nitrogens with zero attached hydrogens (tertiary/aromatic N) is 4.